The fourth-order valence-electron chi connectivity index (χ4n) is 6.72. The molecule has 0 bridgehead atoms. The second-order valence-electron chi connectivity index (χ2n) is 11.5. The van der Waals surface area contributed by atoms with Gasteiger partial charge in [-0.1, -0.05) is 19.9 Å². The molecule has 0 radical (unpaired) electrons. The third-order valence-electron chi connectivity index (χ3n) is 8.95. The Morgan fingerprint density at radius 2 is 1.89 bits per heavy atom. The molecule has 3 fully saturated rings. The number of allylic oxidation sites excluding steroid dienone is 1. The van der Waals surface area contributed by atoms with Gasteiger partial charge in [-0.3, -0.25) is 9.69 Å². The summed E-state index contributed by atoms with van der Waals surface area (Å²) in [6.07, 6.45) is 5.44. The van der Waals surface area contributed by atoms with Gasteiger partial charge in [-0.25, -0.2) is 0 Å². The predicted molar refractivity (Wildman–Crippen MR) is 135 cm³/mol. The molecule has 35 heavy (non-hydrogen) atoms. The van der Waals surface area contributed by atoms with Crippen molar-refractivity contribution in [3.63, 3.8) is 0 Å². The van der Waals surface area contributed by atoms with Gasteiger partial charge in [-0.15, -0.1) is 0 Å². The van der Waals surface area contributed by atoms with Crippen molar-refractivity contribution in [1.29, 1.82) is 5.26 Å². The highest BCUT2D eigenvalue weighted by Crippen LogP contribution is 2.50. The zero-order chi connectivity index (χ0) is 23.9. The summed E-state index contributed by atoms with van der Waals surface area (Å²) >= 11 is 0. The number of benzene rings is 1. The number of ketones is 1. The Hall–Kier alpha value is -2.88. The van der Waals surface area contributed by atoms with Crippen LogP contribution >= 0.6 is 0 Å². The van der Waals surface area contributed by atoms with Gasteiger partial charge in [0.25, 0.3) is 0 Å². The molecule has 6 heteroatoms. The van der Waals surface area contributed by atoms with Crippen molar-refractivity contribution in [2.24, 2.45) is 0 Å². The quantitative estimate of drug-likeness (QED) is 0.733. The van der Waals surface area contributed by atoms with E-state index in [1.54, 1.807) is 0 Å². The Morgan fingerprint density at radius 3 is 2.54 bits per heavy atom. The molecule has 1 saturated carbocycles. The van der Waals surface area contributed by atoms with E-state index in [2.05, 4.69) is 46.8 Å². The number of Topliss-reactive ketones (excluding diaryl/α,β-unsaturated/α-hetero) is 1. The molecule has 2 saturated heterocycles. The van der Waals surface area contributed by atoms with Crippen molar-refractivity contribution >= 4 is 17.5 Å². The van der Waals surface area contributed by atoms with Gasteiger partial charge in [-0.05, 0) is 53.2 Å². The monoisotopic (exact) mass is 468 g/mol. The van der Waals surface area contributed by atoms with E-state index in [0.29, 0.717) is 17.5 Å². The van der Waals surface area contributed by atoms with Gasteiger partial charge in [0.15, 0.2) is 5.78 Å². The average Bonchev–Trinajstić information content (AvgIpc) is 3.59. The van der Waals surface area contributed by atoms with Crippen molar-refractivity contribution in [1.82, 2.24) is 9.88 Å². The number of rotatable bonds is 3. The SMILES string of the molecule is CC1(C)c2cc(N3CCN(C4COC4)CC3)c(C3CC3)cc2Cc2c1[nH]c1c2C(=O)CC(C#N)=C1. The molecule has 6 nitrogen and oxygen atoms in total. The lowest BCUT2D eigenvalue weighted by atomic mass is 9.70. The number of fused-ring (bicyclic) bond motifs is 4. The molecular weight excluding hydrogens is 436 g/mol. The maximum absolute atomic E-state index is 13.0. The summed E-state index contributed by atoms with van der Waals surface area (Å²) in [5, 5.41) is 9.39. The van der Waals surface area contributed by atoms with Gasteiger partial charge >= 0.3 is 0 Å². The summed E-state index contributed by atoms with van der Waals surface area (Å²) in [5.74, 6) is 0.741. The van der Waals surface area contributed by atoms with E-state index >= 15 is 0 Å². The van der Waals surface area contributed by atoms with Crippen molar-refractivity contribution in [3.8, 4) is 6.07 Å². The molecule has 7 rings (SSSR count). The van der Waals surface area contributed by atoms with Gasteiger partial charge < -0.3 is 14.6 Å². The number of ether oxygens (including phenoxy) is 1. The highest BCUT2D eigenvalue weighted by molar-refractivity contribution is 6.06. The van der Waals surface area contributed by atoms with Crippen LogP contribution in [-0.4, -0.2) is 61.1 Å². The first-order valence-corrected chi connectivity index (χ1v) is 13.1. The summed E-state index contributed by atoms with van der Waals surface area (Å²) in [5.41, 5.74) is 9.88. The summed E-state index contributed by atoms with van der Waals surface area (Å²) in [6, 6.07) is 7.75. The second kappa shape index (κ2) is 7.56. The van der Waals surface area contributed by atoms with Crippen LogP contribution in [0.15, 0.2) is 17.7 Å². The number of aromatic nitrogens is 1. The van der Waals surface area contributed by atoms with E-state index in [1.165, 1.54) is 35.2 Å². The first kappa shape index (κ1) is 21.4. The minimum absolute atomic E-state index is 0.0737. The maximum atomic E-state index is 13.0. The number of H-pyrrole nitrogens is 1. The molecule has 0 unspecified atom stereocenters. The summed E-state index contributed by atoms with van der Waals surface area (Å²) in [4.78, 5) is 21.8. The van der Waals surface area contributed by atoms with Crippen LogP contribution in [0.5, 0.6) is 0 Å². The standard InChI is InChI=1S/C29H32N4O2/c1-29(2)23-13-25(33-7-5-32(6-8-33)20-15-35-16-20)21(18-3-4-18)11-19(23)12-22-27-24(31-28(22)29)9-17(14-30)10-26(27)34/h9,11,13,18,20,31H,3-8,10,12,15-16H2,1-2H3. The Bertz CT molecular complexity index is 1310. The van der Waals surface area contributed by atoms with Crippen LogP contribution in [0.3, 0.4) is 0 Å². The summed E-state index contributed by atoms with van der Waals surface area (Å²) < 4.78 is 5.42. The largest absolute Gasteiger partial charge is 0.378 e. The smallest absolute Gasteiger partial charge is 0.170 e. The molecule has 1 aromatic heterocycles. The molecule has 2 aromatic rings. The molecule has 5 aliphatic rings. The zero-order valence-corrected chi connectivity index (χ0v) is 20.6. The summed E-state index contributed by atoms with van der Waals surface area (Å²) in [7, 11) is 0. The van der Waals surface area contributed by atoms with Crippen molar-refractivity contribution in [2.75, 3.05) is 44.3 Å². The first-order valence-electron chi connectivity index (χ1n) is 13.1. The average molecular weight is 469 g/mol. The number of nitrogens with zero attached hydrogens (tertiary/aromatic N) is 3. The van der Waals surface area contributed by atoms with Crippen LogP contribution in [0.25, 0.3) is 6.08 Å². The first-order chi connectivity index (χ1) is 16.9. The number of aromatic amines is 1. The number of anilines is 1. The molecule has 0 amide bonds. The van der Waals surface area contributed by atoms with Gasteiger partial charge in [-0.2, -0.15) is 5.26 Å². The highest BCUT2D eigenvalue weighted by atomic mass is 16.5. The second-order valence-corrected chi connectivity index (χ2v) is 11.5. The number of nitriles is 1. The number of hydrogen-bond acceptors (Lipinski definition) is 5. The van der Waals surface area contributed by atoms with E-state index in [1.807, 2.05) is 6.08 Å². The lowest BCUT2D eigenvalue weighted by Crippen LogP contribution is -2.56. The lowest BCUT2D eigenvalue weighted by molar-refractivity contribution is -0.0660. The van der Waals surface area contributed by atoms with Gasteiger partial charge in [0.05, 0.1) is 31.0 Å². The molecule has 2 aliphatic heterocycles. The van der Waals surface area contributed by atoms with E-state index in [9.17, 15) is 10.1 Å². The molecule has 3 heterocycles. The minimum Gasteiger partial charge on any atom is -0.378 e. The number of carbonyl (C=O) groups is 1. The fourth-order valence-corrected chi connectivity index (χ4v) is 6.72. The minimum atomic E-state index is -0.233. The molecule has 0 atom stereocenters. The molecule has 1 N–H and O–H groups in total. The number of hydrogen-bond donors (Lipinski definition) is 1. The Balaban J connectivity index is 1.28. The van der Waals surface area contributed by atoms with Crippen LogP contribution in [0, 0.1) is 11.3 Å². The third kappa shape index (κ3) is 3.25. The maximum Gasteiger partial charge on any atom is 0.170 e. The van der Waals surface area contributed by atoms with Crippen molar-refractivity contribution < 1.29 is 9.53 Å². The molecule has 3 aliphatic carbocycles. The van der Waals surface area contributed by atoms with E-state index in [-0.39, 0.29) is 17.6 Å². The zero-order valence-electron chi connectivity index (χ0n) is 20.6. The summed E-state index contributed by atoms with van der Waals surface area (Å²) in [6.45, 7) is 10.7. The Morgan fingerprint density at radius 1 is 1.11 bits per heavy atom. The predicted octanol–water partition coefficient (Wildman–Crippen LogP) is 4.14. The molecule has 0 spiro atoms. The van der Waals surface area contributed by atoms with Crippen LogP contribution < -0.4 is 4.90 Å². The van der Waals surface area contributed by atoms with E-state index < -0.39 is 0 Å². The van der Waals surface area contributed by atoms with Crippen LogP contribution in [0.2, 0.25) is 0 Å². The molecule has 180 valence electrons. The highest BCUT2D eigenvalue weighted by Gasteiger charge is 2.41. The third-order valence-corrected chi connectivity index (χ3v) is 8.95. The van der Waals surface area contributed by atoms with Crippen LogP contribution in [0.4, 0.5) is 5.69 Å². The lowest BCUT2D eigenvalue weighted by Gasteiger charge is -2.44. The Kier molecular flexibility index (Phi) is 4.62. The molecule has 1 aromatic carbocycles. The van der Waals surface area contributed by atoms with Gasteiger partial charge in [0, 0.05) is 67.0 Å². The fraction of sp³-hybridized carbons (Fsp3) is 0.517. The van der Waals surface area contributed by atoms with E-state index in [0.717, 1.165) is 68.3 Å². The number of piperazine rings is 1. The van der Waals surface area contributed by atoms with Crippen molar-refractivity contribution in [3.05, 3.63) is 56.9 Å². The van der Waals surface area contributed by atoms with Gasteiger partial charge in [0.1, 0.15) is 0 Å². The van der Waals surface area contributed by atoms with Crippen molar-refractivity contribution in [2.45, 2.75) is 56.9 Å². The van der Waals surface area contributed by atoms with Crippen LogP contribution in [0.1, 0.15) is 83.0 Å². The normalized spacial score (nSPS) is 23.6. The topological polar surface area (TPSA) is 72.4 Å². The van der Waals surface area contributed by atoms with Crippen LogP contribution in [-0.2, 0) is 16.6 Å². The van der Waals surface area contributed by atoms with Gasteiger partial charge in [0.2, 0.25) is 0 Å². The Labute approximate surface area is 206 Å². The number of nitrogens with one attached hydrogen (secondary N) is 1. The molecular formula is C29H32N4O2. The number of carbonyl (C=O) groups excluding carboxylic acids is 1. The van der Waals surface area contributed by atoms with E-state index in [4.69, 9.17) is 4.74 Å².